The van der Waals surface area contributed by atoms with Gasteiger partial charge in [-0.15, -0.1) is 0 Å². The molecule has 0 saturated carbocycles. The number of benzene rings is 1. The SMILES string of the molecule is Oc1[nH]c(=S)[nH]c1/C=C1/C=Nc2ccc(Br)cc21. The molecule has 2 heterocycles. The summed E-state index contributed by atoms with van der Waals surface area (Å²) < 4.78 is 1.38. The Morgan fingerprint density at radius 3 is 2.89 bits per heavy atom. The van der Waals surface area contributed by atoms with Crippen LogP contribution in [0.25, 0.3) is 11.6 Å². The molecule has 0 atom stereocenters. The number of aromatic nitrogens is 2. The molecule has 90 valence electrons. The summed E-state index contributed by atoms with van der Waals surface area (Å²) in [6, 6.07) is 5.88. The van der Waals surface area contributed by atoms with Crippen LogP contribution in [-0.4, -0.2) is 21.3 Å². The summed E-state index contributed by atoms with van der Waals surface area (Å²) in [5.74, 6) is 0.0318. The lowest BCUT2D eigenvalue weighted by Gasteiger charge is -2.00. The molecule has 1 aromatic carbocycles. The molecule has 0 bridgehead atoms. The largest absolute Gasteiger partial charge is 0.493 e. The summed E-state index contributed by atoms with van der Waals surface area (Å²) in [6.45, 7) is 0. The number of aliphatic imine (C=N–C) groups is 1. The van der Waals surface area contributed by atoms with E-state index in [4.69, 9.17) is 12.2 Å². The van der Waals surface area contributed by atoms with Crippen molar-refractivity contribution in [2.45, 2.75) is 0 Å². The number of fused-ring (bicyclic) bond motifs is 1. The van der Waals surface area contributed by atoms with Gasteiger partial charge in [-0.3, -0.25) is 4.99 Å². The molecule has 4 nitrogen and oxygen atoms in total. The van der Waals surface area contributed by atoms with Gasteiger partial charge in [0.05, 0.1) is 5.69 Å². The number of imidazole rings is 1. The highest BCUT2D eigenvalue weighted by molar-refractivity contribution is 9.10. The molecule has 3 rings (SSSR count). The number of halogens is 1. The van der Waals surface area contributed by atoms with Crippen LogP contribution in [0, 0.1) is 4.77 Å². The number of hydrogen-bond acceptors (Lipinski definition) is 3. The molecular weight excluding hydrogens is 314 g/mol. The fourth-order valence-electron chi connectivity index (χ4n) is 1.82. The normalized spacial score (nSPS) is 15.3. The van der Waals surface area contributed by atoms with Gasteiger partial charge in [-0.25, -0.2) is 0 Å². The van der Waals surface area contributed by atoms with Gasteiger partial charge in [0.1, 0.15) is 5.69 Å². The Labute approximate surface area is 116 Å². The van der Waals surface area contributed by atoms with Gasteiger partial charge in [0, 0.05) is 21.8 Å². The van der Waals surface area contributed by atoms with Crippen LogP contribution in [-0.2, 0) is 0 Å². The number of aromatic amines is 2. The first kappa shape index (κ1) is 11.4. The fourth-order valence-corrected chi connectivity index (χ4v) is 2.39. The van der Waals surface area contributed by atoms with Crippen LogP contribution >= 0.6 is 28.1 Å². The first-order valence-electron chi connectivity index (χ1n) is 5.20. The molecular formula is C12H8BrN3OS. The Morgan fingerprint density at radius 2 is 2.17 bits per heavy atom. The van der Waals surface area contributed by atoms with Crippen LogP contribution in [0.2, 0.25) is 0 Å². The van der Waals surface area contributed by atoms with E-state index in [1.807, 2.05) is 24.3 Å². The Hall–Kier alpha value is -1.66. The average molecular weight is 322 g/mol. The van der Waals surface area contributed by atoms with Crippen molar-refractivity contribution >= 4 is 51.7 Å². The highest BCUT2D eigenvalue weighted by Crippen LogP contribution is 2.35. The zero-order valence-corrected chi connectivity index (χ0v) is 11.5. The van der Waals surface area contributed by atoms with Gasteiger partial charge in [0.2, 0.25) is 5.88 Å². The molecule has 0 spiro atoms. The maximum absolute atomic E-state index is 9.64. The van der Waals surface area contributed by atoms with Gasteiger partial charge in [0.15, 0.2) is 4.77 Å². The van der Waals surface area contributed by atoms with Crippen LogP contribution in [0.15, 0.2) is 27.7 Å². The highest BCUT2D eigenvalue weighted by atomic mass is 79.9. The number of allylic oxidation sites excluding steroid dienone is 1. The van der Waals surface area contributed by atoms with Crippen molar-refractivity contribution in [2.24, 2.45) is 4.99 Å². The first-order chi connectivity index (χ1) is 8.63. The van der Waals surface area contributed by atoms with E-state index in [2.05, 4.69) is 30.9 Å². The Morgan fingerprint density at radius 1 is 1.33 bits per heavy atom. The van der Waals surface area contributed by atoms with Gasteiger partial charge >= 0.3 is 0 Å². The fraction of sp³-hybridized carbons (Fsp3) is 0. The van der Waals surface area contributed by atoms with Crippen LogP contribution < -0.4 is 0 Å². The summed E-state index contributed by atoms with van der Waals surface area (Å²) in [7, 11) is 0. The number of H-pyrrole nitrogens is 2. The van der Waals surface area contributed by atoms with Crippen molar-refractivity contribution in [2.75, 3.05) is 0 Å². The number of nitrogens with zero attached hydrogens (tertiary/aromatic N) is 1. The number of aromatic hydroxyl groups is 1. The third-order valence-corrected chi connectivity index (χ3v) is 3.34. The van der Waals surface area contributed by atoms with E-state index >= 15 is 0 Å². The van der Waals surface area contributed by atoms with Crippen LogP contribution in [0.5, 0.6) is 5.88 Å². The van der Waals surface area contributed by atoms with Crippen molar-refractivity contribution in [1.82, 2.24) is 9.97 Å². The first-order valence-corrected chi connectivity index (χ1v) is 6.40. The second-order valence-corrected chi connectivity index (χ2v) is 5.18. The molecule has 0 radical (unpaired) electrons. The number of hydrogen-bond donors (Lipinski definition) is 3. The predicted octanol–water partition coefficient (Wildman–Crippen LogP) is 3.80. The second kappa shape index (κ2) is 4.22. The lowest BCUT2D eigenvalue weighted by atomic mass is 10.1. The maximum Gasteiger partial charge on any atom is 0.215 e. The zero-order valence-electron chi connectivity index (χ0n) is 9.07. The smallest absolute Gasteiger partial charge is 0.215 e. The van der Waals surface area contributed by atoms with E-state index in [-0.39, 0.29) is 5.88 Å². The van der Waals surface area contributed by atoms with Crippen LogP contribution in [0.3, 0.4) is 0 Å². The average Bonchev–Trinajstić information content (AvgIpc) is 2.84. The molecule has 0 saturated heterocycles. The van der Waals surface area contributed by atoms with Crippen molar-refractivity contribution in [3.8, 4) is 5.88 Å². The third-order valence-electron chi connectivity index (χ3n) is 2.65. The minimum atomic E-state index is 0.0318. The number of rotatable bonds is 1. The standard InChI is InChI=1S/C12H8BrN3OS/c13-7-1-2-9-8(4-7)6(5-14-9)3-10-11(17)16-12(18)15-10/h1-5,17H,(H2,15,16,18)/b6-3-. The maximum atomic E-state index is 9.64. The molecule has 2 aromatic rings. The molecule has 1 aliphatic heterocycles. The van der Waals surface area contributed by atoms with E-state index in [0.717, 1.165) is 21.3 Å². The summed E-state index contributed by atoms with van der Waals surface area (Å²) in [5, 5.41) is 9.64. The molecule has 0 fully saturated rings. The molecule has 0 aliphatic carbocycles. The van der Waals surface area contributed by atoms with Crippen molar-refractivity contribution < 1.29 is 5.11 Å². The third kappa shape index (κ3) is 1.93. The summed E-state index contributed by atoms with van der Waals surface area (Å²) in [6.07, 6.45) is 3.57. The van der Waals surface area contributed by atoms with Gasteiger partial charge in [-0.05, 0) is 36.5 Å². The Kier molecular flexibility index (Phi) is 2.68. The topological polar surface area (TPSA) is 64.2 Å². The molecule has 0 amide bonds. The molecule has 0 unspecified atom stereocenters. The molecule has 6 heteroatoms. The van der Waals surface area contributed by atoms with E-state index in [0.29, 0.717) is 10.5 Å². The van der Waals surface area contributed by atoms with E-state index in [1.165, 1.54) is 0 Å². The van der Waals surface area contributed by atoms with E-state index < -0.39 is 0 Å². The molecule has 1 aliphatic rings. The lowest BCUT2D eigenvalue weighted by Crippen LogP contribution is -1.82. The monoisotopic (exact) mass is 321 g/mol. The van der Waals surface area contributed by atoms with Gasteiger partial charge < -0.3 is 15.1 Å². The molecule has 18 heavy (non-hydrogen) atoms. The predicted molar refractivity (Wildman–Crippen MR) is 77.8 cm³/mol. The van der Waals surface area contributed by atoms with E-state index in [9.17, 15) is 5.11 Å². The summed E-state index contributed by atoms with van der Waals surface area (Å²) in [5.41, 5.74) is 3.41. The second-order valence-electron chi connectivity index (χ2n) is 3.86. The van der Waals surface area contributed by atoms with Crippen molar-refractivity contribution in [1.29, 1.82) is 0 Å². The van der Waals surface area contributed by atoms with Crippen LogP contribution in [0.4, 0.5) is 5.69 Å². The minimum Gasteiger partial charge on any atom is -0.493 e. The summed E-state index contributed by atoms with van der Waals surface area (Å²) in [4.78, 5) is 9.82. The van der Waals surface area contributed by atoms with Crippen molar-refractivity contribution in [3.63, 3.8) is 0 Å². The highest BCUT2D eigenvalue weighted by Gasteiger charge is 2.13. The van der Waals surface area contributed by atoms with E-state index in [1.54, 1.807) is 6.21 Å². The molecule has 3 N–H and O–H groups in total. The lowest BCUT2D eigenvalue weighted by molar-refractivity contribution is 0.455. The van der Waals surface area contributed by atoms with Crippen LogP contribution in [0.1, 0.15) is 11.3 Å². The van der Waals surface area contributed by atoms with Gasteiger partial charge in [-0.1, -0.05) is 15.9 Å². The minimum absolute atomic E-state index is 0.0318. The zero-order chi connectivity index (χ0) is 12.7. The quantitative estimate of drug-likeness (QED) is 0.699. The molecule has 1 aromatic heterocycles. The summed E-state index contributed by atoms with van der Waals surface area (Å²) >= 11 is 8.35. The van der Waals surface area contributed by atoms with Crippen molar-refractivity contribution in [3.05, 3.63) is 38.7 Å². The Balaban J connectivity index is 2.11. The Bertz CT molecular complexity index is 742. The number of nitrogens with one attached hydrogen (secondary N) is 2. The van der Waals surface area contributed by atoms with Gasteiger partial charge in [-0.2, -0.15) is 0 Å². The van der Waals surface area contributed by atoms with Gasteiger partial charge in [0.25, 0.3) is 0 Å².